The summed E-state index contributed by atoms with van der Waals surface area (Å²) in [5.74, 6) is 0.430. The van der Waals surface area contributed by atoms with Crippen molar-refractivity contribution in [2.45, 2.75) is 6.42 Å². The molecule has 2 heterocycles. The molecule has 8 heteroatoms. The number of aromatic nitrogens is 3. The van der Waals surface area contributed by atoms with Crippen molar-refractivity contribution in [2.75, 3.05) is 7.11 Å². The van der Waals surface area contributed by atoms with Crippen LogP contribution >= 0.6 is 0 Å². The number of ether oxygens (including phenoxy) is 2. The van der Waals surface area contributed by atoms with Crippen molar-refractivity contribution >= 4 is 10.9 Å². The number of benzene rings is 3. The standard InChI is InChI=1S/C28H22FN3O4/c1-32-25(14-17-6-4-3-5-7-17)31-16-20(28(32)34)18-8-11-24(21(29)15-18)36-23-12-13-30-26-19(23)9-10-22(33)27(26)35-2/h3-13,15-16,33H,14H2,1-2H3. The largest absolute Gasteiger partial charge is 0.504 e. The Balaban J connectivity index is 1.45. The minimum atomic E-state index is -0.640. The van der Waals surface area contributed by atoms with E-state index in [1.54, 1.807) is 25.2 Å². The maximum absolute atomic E-state index is 15.1. The number of pyridine rings is 1. The fourth-order valence-electron chi connectivity index (χ4n) is 4.04. The lowest BCUT2D eigenvalue weighted by atomic mass is 10.1. The van der Waals surface area contributed by atoms with Gasteiger partial charge in [-0.2, -0.15) is 0 Å². The zero-order valence-corrected chi connectivity index (χ0v) is 19.6. The Bertz CT molecular complexity index is 1630. The van der Waals surface area contributed by atoms with E-state index in [0.717, 1.165) is 5.56 Å². The maximum Gasteiger partial charge on any atom is 0.261 e. The Labute approximate surface area is 206 Å². The van der Waals surface area contributed by atoms with E-state index >= 15 is 4.39 Å². The molecule has 7 nitrogen and oxygen atoms in total. The van der Waals surface area contributed by atoms with E-state index in [9.17, 15) is 9.90 Å². The van der Waals surface area contributed by atoms with E-state index < -0.39 is 5.82 Å². The van der Waals surface area contributed by atoms with E-state index in [-0.39, 0.29) is 28.4 Å². The van der Waals surface area contributed by atoms with Gasteiger partial charge in [-0.05, 0) is 41.5 Å². The van der Waals surface area contributed by atoms with Crippen LogP contribution in [0.25, 0.3) is 22.0 Å². The SMILES string of the molecule is COc1c(O)ccc2c(Oc3ccc(-c4cnc(Cc5ccccc5)n(C)c4=O)cc3F)ccnc12. The molecule has 5 rings (SSSR count). The highest BCUT2D eigenvalue weighted by Crippen LogP contribution is 2.38. The molecule has 0 aliphatic carbocycles. The maximum atomic E-state index is 15.1. The smallest absolute Gasteiger partial charge is 0.261 e. The predicted molar refractivity (Wildman–Crippen MR) is 134 cm³/mol. The Hall–Kier alpha value is -4.72. The first-order valence-corrected chi connectivity index (χ1v) is 11.2. The number of rotatable bonds is 6. The molecule has 0 atom stereocenters. The second kappa shape index (κ2) is 9.50. The predicted octanol–water partition coefficient (Wildman–Crippen LogP) is 5.23. The quantitative estimate of drug-likeness (QED) is 0.356. The number of hydrogen-bond acceptors (Lipinski definition) is 6. The third-order valence-electron chi connectivity index (χ3n) is 5.94. The van der Waals surface area contributed by atoms with Crippen LogP contribution in [-0.2, 0) is 13.5 Å². The van der Waals surface area contributed by atoms with Crippen LogP contribution in [0, 0.1) is 5.82 Å². The van der Waals surface area contributed by atoms with Crippen LogP contribution < -0.4 is 15.0 Å². The van der Waals surface area contributed by atoms with Crippen molar-refractivity contribution in [1.29, 1.82) is 0 Å². The third kappa shape index (κ3) is 4.24. The molecule has 1 N–H and O–H groups in total. The number of aromatic hydroxyl groups is 1. The first-order chi connectivity index (χ1) is 17.5. The summed E-state index contributed by atoms with van der Waals surface area (Å²) in [6.07, 6.45) is 3.47. The van der Waals surface area contributed by atoms with Crippen LogP contribution in [0.4, 0.5) is 4.39 Å². The summed E-state index contributed by atoms with van der Waals surface area (Å²) < 4.78 is 27.7. The van der Waals surface area contributed by atoms with Gasteiger partial charge in [-0.25, -0.2) is 9.37 Å². The molecule has 0 bridgehead atoms. The second-order valence-electron chi connectivity index (χ2n) is 8.19. The highest BCUT2D eigenvalue weighted by Gasteiger charge is 2.16. The third-order valence-corrected chi connectivity index (χ3v) is 5.94. The molecule has 2 aromatic heterocycles. The molecule has 5 aromatic rings. The van der Waals surface area contributed by atoms with E-state index in [2.05, 4.69) is 9.97 Å². The van der Waals surface area contributed by atoms with E-state index in [1.165, 1.54) is 42.3 Å². The summed E-state index contributed by atoms with van der Waals surface area (Å²) in [4.78, 5) is 21.7. The molecule has 0 spiro atoms. The minimum Gasteiger partial charge on any atom is -0.504 e. The number of phenolic OH excluding ortho intramolecular Hbond substituents is 1. The Morgan fingerprint density at radius 1 is 1.00 bits per heavy atom. The van der Waals surface area contributed by atoms with Gasteiger partial charge in [0.2, 0.25) is 0 Å². The van der Waals surface area contributed by atoms with Crippen molar-refractivity contribution in [3.63, 3.8) is 0 Å². The highest BCUT2D eigenvalue weighted by molar-refractivity contribution is 5.91. The van der Waals surface area contributed by atoms with Gasteiger partial charge in [-0.3, -0.25) is 14.3 Å². The summed E-state index contributed by atoms with van der Waals surface area (Å²) in [6, 6.07) is 18.7. The molecule has 0 saturated carbocycles. The lowest BCUT2D eigenvalue weighted by Crippen LogP contribution is -2.23. The number of methoxy groups -OCH3 is 1. The van der Waals surface area contributed by atoms with Crippen LogP contribution in [0.5, 0.6) is 23.0 Å². The van der Waals surface area contributed by atoms with Crippen LogP contribution in [0.15, 0.2) is 83.9 Å². The fourth-order valence-corrected chi connectivity index (χ4v) is 4.04. The van der Waals surface area contributed by atoms with E-state index in [4.69, 9.17) is 9.47 Å². The summed E-state index contributed by atoms with van der Waals surface area (Å²) in [5.41, 5.74) is 1.84. The Morgan fingerprint density at radius 2 is 1.81 bits per heavy atom. The molecule has 0 fully saturated rings. The molecule has 0 aliphatic heterocycles. The first kappa shape index (κ1) is 23.0. The van der Waals surface area contributed by atoms with Gasteiger partial charge in [-0.15, -0.1) is 0 Å². The molecule has 0 aliphatic rings. The van der Waals surface area contributed by atoms with Gasteiger partial charge < -0.3 is 14.6 Å². The molecular weight excluding hydrogens is 461 g/mol. The minimum absolute atomic E-state index is 0.0243. The average Bonchev–Trinajstić information content (AvgIpc) is 2.89. The van der Waals surface area contributed by atoms with E-state index in [0.29, 0.717) is 34.5 Å². The first-order valence-electron chi connectivity index (χ1n) is 11.2. The fraction of sp³-hybridized carbons (Fsp3) is 0.107. The number of phenols is 1. The Kier molecular flexibility index (Phi) is 6.08. The molecular formula is C28H22FN3O4. The normalized spacial score (nSPS) is 11.0. The van der Waals surface area contributed by atoms with Gasteiger partial charge in [-0.1, -0.05) is 36.4 Å². The monoisotopic (exact) mass is 483 g/mol. The lowest BCUT2D eigenvalue weighted by molar-refractivity contribution is 0.377. The van der Waals surface area contributed by atoms with Gasteiger partial charge >= 0.3 is 0 Å². The molecule has 0 unspecified atom stereocenters. The van der Waals surface area contributed by atoms with Crippen LogP contribution in [0.3, 0.4) is 0 Å². The summed E-state index contributed by atoms with van der Waals surface area (Å²) >= 11 is 0. The number of nitrogens with zero attached hydrogens (tertiary/aromatic N) is 3. The Morgan fingerprint density at radius 3 is 2.56 bits per heavy atom. The molecule has 0 radical (unpaired) electrons. The number of fused-ring (bicyclic) bond motifs is 1. The van der Waals surface area contributed by atoms with Crippen molar-refractivity contribution in [3.8, 4) is 34.1 Å². The van der Waals surface area contributed by atoms with Crippen molar-refractivity contribution in [2.24, 2.45) is 7.05 Å². The summed E-state index contributed by atoms with van der Waals surface area (Å²) in [6.45, 7) is 0. The zero-order valence-electron chi connectivity index (χ0n) is 19.6. The molecule has 3 aromatic carbocycles. The van der Waals surface area contributed by atoms with Gasteiger partial charge in [0.25, 0.3) is 5.56 Å². The molecule has 180 valence electrons. The number of hydrogen-bond donors (Lipinski definition) is 1. The van der Waals surface area contributed by atoms with Gasteiger partial charge in [0, 0.05) is 31.2 Å². The molecule has 0 amide bonds. The molecule has 36 heavy (non-hydrogen) atoms. The van der Waals surface area contributed by atoms with Crippen molar-refractivity contribution in [1.82, 2.24) is 14.5 Å². The number of halogens is 1. The van der Waals surface area contributed by atoms with Gasteiger partial charge in [0.1, 0.15) is 17.1 Å². The van der Waals surface area contributed by atoms with Crippen LogP contribution in [0.1, 0.15) is 11.4 Å². The van der Waals surface area contributed by atoms with Crippen molar-refractivity contribution < 1.29 is 19.0 Å². The van der Waals surface area contributed by atoms with Crippen LogP contribution in [-0.4, -0.2) is 26.8 Å². The highest BCUT2D eigenvalue weighted by atomic mass is 19.1. The second-order valence-corrected chi connectivity index (χ2v) is 8.19. The van der Waals surface area contributed by atoms with E-state index in [1.807, 2.05) is 30.3 Å². The zero-order chi connectivity index (χ0) is 25.2. The van der Waals surface area contributed by atoms with Crippen LogP contribution in [0.2, 0.25) is 0 Å². The lowest BCUT2D eigenvalue weighted by Gasteiger charge is -2.13. The van der Waals surface area contributed by atoms with Gasteiger partial charge in [0.15, 0.2) is 23.1 Å². The van der Waals surface area contributed by atoms with Crippen molar-refractivity contribution in [3.05, 3.63) is 107 Å². The summed E-state index contributed by atoms with van der Waals surface area (Å²) in [5, 5.41) is 10.6. The van der Waals surface area contributed by atoms with Gasteiger partial charge in [0.05, 0.1) is 12.7 Å². The summed E-state index contributed by atoms with van der Waals surface area (Å²) in [7, 11) is 3.08. The average molecular weight is 483 g/mol. The molecule has 0 saturated heterocycles. The topological polar surface area (TPSA) is 86.5 Å².